The van der Waals surface area contributed by atoms with E-state index in [1.165, 1.54) is 18.4 Å². The van der Waals surface area contributed by atoms with Crippen molar-refractivity contribution in [2.45, 2.75) is 44.9 Å². The molecule has 0 N–H and O–H groups in total. The van der Waals surface area contributed by atoms with Crippen molar-refractivity contribution in [2.24, 2.45) is 5.92 Å². The van der Waals surface area contributed by atoms with E-state index in [1.807, 2.05) is 17.9 Å². The molecular formula is C20H24N2O2. The maximum absolute atomic E-state index is 12.9. The molecule has 2 aromatic rings. The zero-order valence-electron chi connectivity index (χ0n) is 14.2. The molecule has 1 atom stereocenters. The van der Waals surface area contributed by atoms with Gasteiger partial charge >= 0.3 is 0 Å². The minimum atomic E-state index is 0.00248. The first-order valence-corrected chi connectivity index (χ1v) is 9.01. The standard InChI is InChI=1S/C20H24N2O2/c1-14-19(24-18(21-14)12-15-9-10-15)20(23)22-11-5-8-17(13-22)16-6-3-2-4-7-16/h2-4,6-7,15,17H,5,8-13H2,1H3. The number of hydrogen-bond donors (Lipinski definition) is 0. The van der Waals surface area contributed by atoms with Gasteiger partial charge in [0.2, 0.25) is 5.76 Å². The third kappa shape index (κ3) is 3.23. The summed E-state index contributed by atoms with van der Waals surface area (Å²) < 4.78 is 5.82. The van der Waals surface area contributed by atoms with Crippen LogP contribution in [0.1, 0.15) is 59.3 Å². The number of aromatic nitrogens is 1. The molecule has 24 heavy (non-hydrogen) atoms. The zero-order chi connectivity index (χ0) is 16.5. The highest BCUT2D eigenvalue weighted by atomic mass is 16.4. The Bertz CT molecular complexity index is 718. The van der Waals surface area contributed by atoms with Crippen molar-refractivity contribution in [1.29, 1.82) is 0 Å². The minimum absolute atomic E-state index is 0.00248. The summed E-state index contributed by atoms with van der Waals surface area (Å²) in [6.45, 7) is 3.45. The number of likely N-dealkylation sites (tertiary alicyclic amines) is 1. The first kappa shape index (κ1) is 15.4. The number of carbonyl (C=O) groups excluding carboxylic acids is 1. The molecule has 0 spiro atoms. The smallest absolute Gasteiger partial charge is 0.291 e. The summed E-state index contributed by atoms with van der Waals surface area (Å²) >= 11 is 0. The summed E-state index contributed by atoms with van der Waals surface area (Å²) in [6, 6.07) is 10.5. The predicted octanol–water partition coefficient (Wildman–Crippen LogP) is 3.96. The molecule has 4 heteroatoms. The molecule has 4 rings (SSSR count). The van der Waals surface area contributed by atoms with Gasteiger partial charge < -0.3 is 9.32 Å². The van der Waals surface area contributed by atoms with Crippen molar-refractivity contribution in [2.75, 3.05) is 13.1 Å². The van der Waals surface area contributed by atoms with Crippen LogP contribution in [0, 0.1) is 12.8 Å². The number of carbonyl (C=O) groups is 1. The molecule has 1 saturated heterocycles. The van der Waals surface area contributed by atoms with E-state index in [4.69, 9.17) is 4.42 Å². The summed E-state index contributed by atoms with van der Waals surface area (Å²) in [6.07, 6.45) is 5.56. The fourth-order valence-electron chi connectivity index (χ4n) is 3.61. The monoisotopic (exact) mass is 324 g/mol. The number of amides is 1. The molecule has 1 amide bonds. The second kappa shape index (κ2) is 6.42. The van der Waals surface area contributed by atoms with E-state index in [0.29, 0.717) is 17.6 Å². The Morgan fingerprint density at radius 1 is 1.25 bits per heavy atom. The lowest BCUT2D eigenvalue weighted by Gasteiger charge is -2.32. The normalized spacial score (nSPS) is 21.0. The Morgan fingerprint density at radius 2 is 2.04 bits per heavy atom. The van der Waals surface area contributed by atoms with E-state index in [9.17, 15) is 4.79 Å². The molecule has 1 unspecified atom stereocenters. The second-order valence-electron chi connectivity index (χ2n) is 7.17. The molecule has 2 aliphatic rings. The molecule has 0 bridgehead atoms. The highest BCUT2D eigenvalue weighted by molar-refractivity contribution is 5.92. The lowest BCUT2D eigenvalue weighted by atomic mass is 9.90. The van der Waals surface area contributed by atoms with E-state index in [0.717, 1.165) is 43.9 Å². The lowest BCUT2D eigenvalue weighted by molar-refractivity contribution is 0.0672. The molecular weight excluding hydrogens is 300 g/mol. The number of aryl methyl sites for hydroxylation is 1. The van der Waals surface area contributed by atoms with Crippen LogP contribution in [0.2, 0.25) is 0 Å². The molecule has 126 valence electrons. The molecule has 1 aliphatic heterocycles. The van der Waals surface area contributed by atoms with Crippen LogP contribution in [-0.2, 0) is 6.42 Å². The summed E-state index contributed by atoms with van der Waals surface area (Å²) in [5.41, 5.74) is 2.05. The van der Waals surface area contributed by atoms with Crippen LogP contribution >= 0.6 is 0 Å². The largest absolute Gasteiger partial charge is 0.435 e. The van der Waals surface area contributed by atoms with Crippen LogP contribution in [0.25, 0.3) is 0 Å². The van der Waals surface area contributed by atoms with Crippen LogP contribution < -0.4 is 0 Å². The van der Waals surface area contributed by atoms with Crippen molar-refractivity contribution in [3.8, 4) is 0 Å². The fraction of sp³-hybridized carbons (Fsp3) is 0.500. The van der Waals surface area contributed by atoms with Crippen molar-refractivity contribution < 1.29 is 9.21 Å². The van der Waals surface area contributed by atoms with E-state index in [2.05, 4.69) is 29.2 Å². The summed E-state index contributed by atoms with van der Waals surface area (Å²) in [4.78, 5) is 19.3. The minimum Gasteiger partial charge on any atom is -0.435 e. The Balaban J connectivity index is 1.48. The van der Waals surface area contributed by atoms with Crippen LogP contribution in [0.15, 0.2) is 34.7 Å². The average Bonchev–Trinajstić information content (AvgIpc) is 3.36. The van der Waals surface area contributed by atoms with Gasteiger partial charge in [-0.15, -0.1) is 0 Å². The van der Waals surface area contributed by atoms with Crippen molar-refractivity contribution >= 4 is 5.91 Å². The summed E-state index contributed by atoms with van der Waals surface area (Å²) in [5.74, 6) is 2.30. The van der Waals surface area contributed by atoms with Gasteiger partial charge in [0.1, 0.15) is 0 Å². The average molecular weight is 324 g/mol. The molecule has 2 fully saturated rings. The van der Waals surface area contributed by atoms with Gasteiger partial charge in [-0.05, 0) is 44.1 Å². The third-order valence-corrected chi connectivity index (χ3v) is 5.17. The maximum Gasteiger partial charge on any atom is 0.291 e. The Labute approximate surface area is 142 Å². The van der Waals surface area contributed by atoms with Crippen molar-refractivity contribution in [3.63, 3.8) is 0 Å². The molecule has 1 aromatic heterocycles. The van der Waals surface area contributed by atoms with Crippen LogP contribution in [0.3, 0.4) is 0 Å². The third-order valence-electron chi connectivity index (χ3n) is 5.17. The molecule has 0 radical (unpaired) electrons. The molecule has 2 heterocycles. The van der Waals surface area contributed by atoms with Gasteiger partial charge in [-0.2, -0.15) is 0 Å². The van der Waals surface area contributed by atoms with Crippen LogP contribution in [-0.4, -0.2) is 28.9 Å². The number of rotatable bonds is 4. The highest BCUT2D eigenvalue weighted by Gasteiger charge is 2.30. The maximum atomic E-state index is 12.9. The summed E-state index contributed by atoms with van der Waals surface area (Å²) in [5, 5.41) is 0. The lowest BCUT2D eigenvalue weighted by Crippen LogP contribution is -2.39. The molecule has 1 saturated carbocycles. The van der Waals surface area contributed by atoms with E-state index in [-0.39, 0.29) is 5.91 Å². The second-order valence-corrected chi connectivity index (χ2v) is 7.17. The molecule has 1 aliphatic carbocycles. The van der Waals surface area contributed by atoms with Gasteiger partial charge in [0.15, 0.2) is 5.89 Å². The van der Waals surface area contributed by atoms with E-state index >= 15 is 0 Å². The van der Waals surface area contributed by atoms with Crippen LogP contribution in [0.5, 0.6) is 0 Å². The van der Waals surface area contributed by atoms with E-state index < -0.39 is 0 Å². The Hall–Kier alpha value is -2.10. The highest BCUT2D eigenvalue weighted by Crippen LogP contribution is 2.33. The van der Waals surface area contributed by atoms with Gasteiger partial charge in [0.25, 0.3) is 5.91 Å². The SMILES string of the molecule is Cc1nc(CC2CC2)oc1C(=O)N1CCCC(c2ccccc2)C1. The van der Waals surface area contributed by atoms with Gasteiger partial charge in [-0.3, -0.25) is 4.79 Å². The summed E-state index contributed by atoms with van der Waals surface area (Å²) in [7, 11) is 0. The predicted molar refractivity (Wildman–Crippen MR) is 92.0 cm³/mol. The van der Waals surface area contributed by atoms with Gasteiger partial charge in [0, 0.05) is 25.4 Å². The number of hydrogen-bond acceptors (Lipinski definition) is 3. The first-order valence-electron chi connectivity index (χ1n) is 9.01. The Morgan fingerprint density at radius 3 is 2.79 bits per heavy atom. The number of benzene rings is 1. The number of piperidine rings is 1. The number of nitrogens with zero attached hydrogens (tertiary/aromatic N) is 2. The van der Waals surface area contributed by atoms with Crippen molar-refractivity contribution in [3.05, 3.63) is 53.2 Å². The topological polar surface area (TPSA) is 46.3 Å². The Kier molecular flexibility index (Phi) is 4.13. The molecule has 1 aromatic carbocycles. The van der Waals surface area contributed by atoms with Crippen LogP contribution in [0.4, 0.5) is 0 Å². The van der Waals surface area contributed by atoms with E-state index in [1.54, 1.807) is 0 Å². The van der Waals surface area contributed by atoms with Crippen molar-refractivity contribution in [1.82, 2.24) is 9.88 Å². The molecule has 4 nitrogen and oxygen atoms in total. The van der Waals surface area contributed by atoms with Gasteiger partial charge in [-0.25, -0.2) is 4.98 Å². The first-order chi connectivity index (χ1) is 11.7. The zero-order valence-corrected chi connectivity index (χ0v) is 14.2. The van der Waals surface area contributed by atoms with Gasteiger partial charge in [0.05, 0.1) is 5.69 Å². The number of oxazole rings is 1. The van der Waals surface area contributed by atoms with Gasteiger partial charge in [-0.1, -0.05) is 30.3 Å². The quantitative estimate of drug-likeness (QED) is 0.855. The fourth-order valence-corrected chi connectivity index (χ4v) is 3.61.